The Balaban J connectivity index is 2.02. The fourth-order valence-electron chi connectivity index (χ4n) is 3.08. The molecule has 1 unspecified atom stereocenters. The zero-order chi connectivity index (χ0) is 18.4. The van der Waals surface area contributed by atoms with Crippen molar-refractivity contribution in [3.05, 3.63) is 29.5 Å². The van der Waals surface area contributed by atoms with Crippen LogP contribution in [0, 0.1) is 5.21 Å². The molecule has 1 aromatic rings. The summed E-state index contributed by atoms with van der Waals surface area (Å²) in [5.41, 5.74) is 0.636. The monoisotopic (exact) mass is 369 g/mol. The topological polar surface area (TPSA) is 111 Å². The third-order valence-electron chi connectivity index (χ3n) is 4.16. The van der Waals surface area contributed by atoms with Crippen LogP contribution in [0.15, 0.2) is 29.2 Å². The molecule has 1 aliphatic heterocycles. The third kappa shape index (κ3) is 3.44. The Morgan fingerprint density at radius 3 is 2.52 bits per heavy atom. The van der Waals surface area contributed by atoms with Gasteiger partial charge in [0.1, 0.15) is 16.6 Å². The number of anilines is 1. The number of nitrogens with zero attached hydrogens (tertiary/aromatic N) is 1. The van der Waals surface area contributed by atoms with Crippen LogP contribution < -0.4 is 5.48 Å². The summed E-state index contributed by atoms with van der Waals surface area (Å²) in [5.74, 6) is 0. The zero-order valence-corrected chi connectivity index (χ0v) is 15.1. The van der Waals surface area contributed by atoms with Gasteiger partial charge < -0.3 is 20.2 Å². The van der Waals surface area contributed by atoms with Gasteiger partial charge in [-0.25, -0.2) is 13.2 Å². The number of epoxide rings is 1. The van der Waals surface area contributed by atoms with Crippen molar-refractivity contribution in [2.45, 2.75) is 62.4 Å². The molecule has 25 heavy (non-hydrogen) atoms. The van der Waals surface area contributed by atoms with Crippen molar-refractivity contribution in [3.8, 4) is 0 Å². The van der Waals surface area contributed by atoms with Gasteiger partial charge in [0.15, 0.2) is 0 Å². The number of amides is 1. The minimum Gasteiger partial charge on any atom is -0.761 e. The Morgan fingerprint density at radius 2 is 2.00 bits per heavy atom. The summed E-state index contributed by atoms with van der Waals surface area (Å²) in [6.45, 7) is 4.98. The smallest absolute Gasteiger partial charge is 0.424 e. The number of para-hydroxylation sites is 1. The minimum atomic E-state index is -4.29. The predicted octanol–water partition coefficient (Wildman–Crippen LogP) is 2.45. The number of sulfonamides is 1. The van der Waals surface area contributed by atoms with Crippen molar-refractivity contribution in [1.82, 2.24) is 4.31 Å². The number of benzene rings is 1. The Bertz CT molecular complexity index is 773. The molecule has 0 radical (unpaired) electrons. The third-order valence-corrected chi connectivity index (χ3v) is 6.01. The Hall–Kier alpha value is -1.84. The lowest BCUT2D eigenvalue weighted by molar-refractivity contribution is 0.0311. The second-order valence-corrected chi connectivity index (χ2v) is 8.95. The first kappa shape index (κ1) is 18.0. The molecule has 3 atom stereocenters. The Morgan fingerprint density at radius 1 is 1.32 bits per heavy atom. The van der Waals surface area contributed by atoms with E-state index in [1.54, 1.807) is 26.3 Å². The lowest BCUT2D eigenvalue weighted by atomic mass is 10.2. The number of hydrogen-bond acceptors (Lipinski definition) is 7. The highest BCUT2D eigenvalue weighted by molar-refractivity contribution is 7.89. The van der Waals surface area contributed by atoms with Gasteiger partial charge in [0.25, 0.3) is 10.0 Å². The molecule has 1 heterocycles. The highest BCUT2D eigenvalue weighted by Crippen LogP contribution is 2.43. The van der Waals surface area contributed by atoms with Crippen molar-refractivity contribution < 1.29 is 22.7 Å². The maximum Gasteiger partial charge on any atom is 0.424 e. The van der Waals surface area contributed by atoms with Crippen molar-refractivity contribution in [3.63, 3.8) is 0 Å². The van der Waals surface area contributed by atoms with Gasteiger partial charge in [-0.2, -0.15) is 4.31 Å². The number of nitrogens with one attached hydrogen (secondary N) is 1. The van der Waals surface area contributed by atoms with Gasteiger partial charge in [-0.1, -0.05) is 12.1 Å². The standard InChI is InChI=1S/C16H21N2O6S/c1-16(2,3)24-15(19)18(11-8-9-12-14(11)23-12)25(21,22)13-7-5-4-6-10(13)17-20/h4-7,11-12,14,17H,8-9H2,1-3H3/q-1/t11-,12?,14+/m0/s1. The first-order valence-corrected chi connectivity index (χ1v) is 9.49. The molecule has 1 saturated carbocycles. The number of ether oxygens (including phenoxy) is 2. The van der Waals surface area contributed by atoms with Crippen LogP contribution >= 0.6 is 0 Å². The lowest BCUT2D eigenvalue weighted by Gasteiger charge is -2.31. The van der Waals surface area contributed by atoms with Gasteiger partial charge in [0, 0.05) is 5.69 Å². The van der Waals surface area contributed by atoms with Crippen LogP contribution in [0.25, 0.3) is 0 Å². The van der Waals surface area contributed by atoms with Crippen LogP contribution in [0.1, 0.15) is 33.6 Å². The summed E-state index contributed by atoms with van der Waals surface area (Å²) in [6.07, 6.45) is -0.103. The summed E-state index contributed by atoms with van der Waals surface area (Å²) in [7, 11) is -4.29. The van der Waals surface area contributed by atoms with E-state index in [0.717, 1.165) is 4.31 Å². The molecule has 1 aromatic carbocycles. The van der Waals surface area contributed by atoms with Crippen molar-refractivity contribution in [2.75, 3.05) is 5.48 Å². The van der Waals surface area contributed by atoms with E-state index in [1.165, 1.54) is 24.3 Å². The zero-order valence-electron chi connectivity index (χ0n) is 14.3. The molecule has 1 amide bonds. The van der Waals surface area contributed by atoms with Crippen LogP contribution in [-0.2, 0) is 19.5 Å². The van der Waals surface area contributed by atoms with Crippen LogP contribution in [-0.4, -0.2) is 42.7 Å². The Labute approximate surface area is 146 Å². The van der Waals surface area contributed by atoms with E-state index in [2.05, 4.69) is 0 Å². The quantitative estimate of drug-likeness (QED) is 0.641. The Kier molecular flexibility index (Phi) is 4.42. The van der Waals surface area contributed by atoms with E-state index in [0.29, 0.717) is 12.8 Å². The molecule has 2 fully saturated rings. The fraction of sp³-hybridized carbons (Fsp3) is 0.562. The lowest BCUT2D eigenvalue weighted by Crippen LogP contribution is -2.48. The number of rotatable bonds is 4. The van der Waals surface area contributed by atoms with E-state index in [1.807, 2.05) is 0 Å². The molecule has 8 nitrogen and oxygen atoms in total. The van der Waals surface area contributed by atoms with E-state index in [9.17, 15) is 18.4 Å². The molecule has 0 spiro atoms. The number of carbonyl (C=O) groups excluding carboxylic acids is 1. The normalized spacial score (nSPS) is 25.2. The van der Waals surface area contributed by atoms with E-state index in [-0.39, 0.29) is 22.8 Å². The van der Waals surface area contributed by atoms with Gasteiger partial charge in [-0.15, -0.1) is 0 Å². The minimum absolute atomic E-state index is 0.0157. The summed E-state index contributed by atoms with van der Waals surface area (Å²) in [4.78, 5) is 12.4. The van der Waals surface area contributed by atoms with Crippen LogP contribution in [0.4, 0.5) is 10.5 Å². The van der Waals surface area contributed by atoms with Gasteiger partial charge in [0.2, 0.25) is 0 Å². The SMILES string of the molecule is CC(C)(C)OC(=O)N([C@H]1CCC2O[C@@H]21)S(=O)(=O)c1ccccc1N[O-]. The molecule has 1 saturated heterocycles. The van der Waals surface area contributed by atoms with Crippen molar-refractivity contribution >= 4 is 21.8 Å². The maximum absolute atomic E-state index is 13.2. The molecule has 2 aliphatic rings. The van der Waals surface area contributed by atoms with Crippen molar-refractivity contribution in [2.24, 2.45) is 0 Å². The van der Waals surface area contributed by atoms with Gasteiger partial charge in [-0.05, 0) is 45.7 Å². The molecule has 0 aromatic heterocycles. The molecule has 1 aliphatic carbocycles. The molecule has 138 valence electrons. The largest absolute Gasteiger partial charge is 0.761 e. The first-order chi connectivity index (χ1) is 11.6. The molecule has 9 heteroatoms. The number of carbonyl (C=O) groups is 1. The highest BCUT2D eigenvalue weighted by atomic mass is 32.2. The highest BCUT2D eigenvalue weighted by Gasteiger charge is 2.57. The van der Waals surface area contributed by atoms with Gasteiger partial charge in [0.05, 0.1) is 12.1 Å². The molecule has 0 bridgehead atoms. The number of fused-ring (bicyclic) bond motifs is 1. The average Bonchev–Trinajstić information content (AvgIpc) is 3.19. The second-order valence-electron chi connectivity index (χ2n) is 7.16. The molecular formula is C16H21N2O6S-. The van der Waals surface area contributed by atoms with Gasteiger partial charge >= 0.3 is 6.09 Å². The summed E-state index contributed by atoms with van der Waals surface area (Å²) < 4.78 is 37.8. The summed E-state index contributed by atoms with van der Waals surface area (Å²) in [5, 5.41) is 11.1. The number of hydrogen-bond donors (Lipinski definition) is 1. The second kappa shape index (κ2) is 6.15. The average molecular weight is 369 g/mol. The summed E-state index contributed by atoms with van der Waals surface area (Å²) in [6, 6.07) is 5.02. The van der Waals surface area contributed by atoms with Crippen LogP contribution in [0.2, 0.25) is 0 Å². The van der Waals surface area contributed by atoms with E-state index >= 15 is 0 Å². The van der Waals surface area contributed by atoms with E-state index in [4.69, 9.17) is 9.47 Å². The van der Waals surface area contributed by atoms with Crippen LogP contribution in [0.3, 0.4) is 0 Å². The fourth-order valence-corrected chi connectivity index (χ4v) is 4.74. The summed E-state index contributed by atoms with van der Waals surface area (Å²) >= 11 is 0. The van der Waals surface area contributed by atoms with Crippen molar-refractivity contribution in [1.29, 1.82) is 0 Å². The molecule has 3 rings (SSSR count). The van der Waals surface area contributed by atoms with Crippen LogP contribution in [0.5, 0.6) is 0 Å². The predicted molar refractivity (Wildman–Crippen MR) is 90.4 cm³/mol. The molecule has 1 N–H and O–H groups in total. The van der Waals surface area contributed by atoms with E-state index < -0.39 is 27.8 Å². The van der Waals surface area contributed by atoms with Gasteiger partial charge in [-0.3, -0.25) is 0 Å². The first-order valence-electron chi connectivity index (χ1n) is 8.05. The molecular weight excluding hydrogens is 348 g/mol. The maximum atomic E-state index is 13.2.